The van der Waals surface area contributed by atoms with Crippen LogP contribution in [0.25, 0.3) is 0 Å². The van der Waals surface area contributed by atoms with Crippen LogP contribution >= 0.6 is 24.0 Å². The predicted octanol–water partition coefficient (Wildman–Crippen LogP) is 3.97. The third kappa shape index (κ3) is 7.21. The van der Waals surface area contributed by atoms with Crippen molar-refractivity contribution in [3.05, 3.63) is 75.6 Å². The van der Waals surface area contributed by atoms with Gasteiger partial charge in [0.05, 0.1) is 18.1 Å². The molecule has 1 aliphatic rings. The monoisotopic (exact) mass is 528 g/mol. The summed E-state index contributed by atoms with van der Waals surface area (Å²) in [5.41, 5.74) is 1.92. The van der Waals surface area contributed by atoms with Gasteiger partial charge in [0.2, 0.25) is 0 Å². The number of hydrogen-bond acceptors (Lipinski definition) is 4. The molecule has 1 saturated heterocycles. The number of nitro benzene ring substituents is 1. The number of nitro groups is 1. The van der Waals surface area contributed by atoms with Crippen molar-refractivity contribution < 1.29 is 14.1 Å². The largest absolute Gasteiger partial charge is 0.381 e. The average molecular weight is 528 g/mol. The van der Waals surface area contributed by atoms with Crippen LogP contribution in [0.1, 0.15) is 17.5 Å². The van der Waals surface area contributed by atoms with Gasteiger partial charge in [0, 0.05) is 44.8 Å². The number of ether oxygens (including phenoxy) is 1. The topological polar surface area (TPSA) is 80.0 Å². The number of hydrogen-bond donors (Lipinski definition) is 1. The molecular weight excluding hydrogens is 502 g/mol. The van der Waals surface area contributed by atoms with E-state index in [1.165, 1.54) is 24.3 Å². The van der Waals surface area contributed by atoms with Crippen LogP contribution in [0, 0.1) is 21.8 Å². The summed E-state index contributed by atoms with van der Waals surface area (Å²) in [7, 11) is 1.93. The summed E-state index contributed by atoms with van der Waals surface area (Å²) in [5.74, 6) is 0.904. The highest BCUT2D eigenvalue weighted by molar-refractivity contribution is 14.0. The lowest BCUT2D eigenvalue weighted by molar-refractivity contribution is -0.384. The number of halogens is 2. The summed E-state index contributed by atoms with van der Waals surface area (Å²) in [6.07, 6.45) is 1.02. The molecule has 1 unspecified atom stereocenters. The van der Waals surface area contributed by atoms with Crippen molar-refractivity contribution in [3.63, 3.8) is 0 Å². The van der Waals surface area contributed by atoms with Gasteiger partial charge < -0.3 is 15.0 Å². The van der Waals surface area contributed by atoms with Crippen molar-refractivity contribution in [2.45, 2.75) is 19.5 Å². The van der Waals surface area contributed by atoms with Crippen LogP contribution in [0.4, 0.5) is 10.1 Å². The van der Waals surface area contributed by atoms with Crippen molar-refractivity contribution in [3.8, 4) is 0 Å². The maximum atomic E-state index is 13.2. The number of non-ortho nitro benzene ring substituents is 1. The quantitative estimate of drug-likeness (QED) is 0.194. The third-order valence-corrected chi connectivity index (χ3v) is 4.83. The number of aliphatic imine (C=N–C) groups is 1. The Balaban J connectivity index is 0.00000320. The van der Waals surface area contributed by atoms with E-state index >= 15 is 0 Å². The summed E-state index contributed by atoms with van der Waals surface area (Å²) in [4.78, 5) is 17.1. The van der Waals surface area contributed by atoms with Gasteiger partial charge in [-0.1, -0.05) is 24.3 Å². The lowest BCUT2D eigenvalue weighted by Crippen LogP contribution is -2.41. The lowest BCUT2D eigenvalue weighted by atomic mass is 10.1. The molecule has 1 atom stereocenters. The molecule has 0 aromatic heterocycles. The minimum Gasteiger partial charge on any atom is -0.381 e. The molecule has 9 heteroatoms. The van der Waals surface area contributed by atoms with E-state index < -0.39 is 4.92 Å². The third-order valence-electron chi connectivity index (χ3n) is 4.83. The van der Waals surface area contributed by atoms with Crippen molar-refractivity contribution in [2.75, 3.05) is 26.8 Å². The highest BCUT2D eigenvalue weighted by Gasteiger charge is 2.17. The maximum absolute atomic E-state index is 13.2. The first kappa shape index (κ1) is 24.0. The lowest BCUT2D eigenvalue weighted by Gasteiger charge is -2.24. The van der Waals surface area contributed by atoms with Gasteiger partial charge in [0.25, 0.3) is 5.69 Å². The molecule has 0 aliphatic carbocycles. The van der Waals surface area contributed by atoms with E-state index in [-0.39, 0.29) is 35.5 Å². The minimum atomic E-state index is -0.416. The molecule has 0 bridgehead atoms. The van der Waals surface area contributed by atoms with Crippen LogP contribution in [0.15, 0.2) is 53.5 Å². The Labute approximate surface area is 192 Å². The van der Waals surface area contributed by atoms with E-state index in [0.717, 1.165) is 43.3 Å². The van der Waals surface area contributed by atoms with Gasteiger partial charge >= 0.3 is 0 Å². The second kappa shape index (κ2) is 11.8. The van der Waals surface area contributed by atoms with E-state index in [1.807, 2.05) is 11.9 Å². The number of nitrogens with zero attached hydrogens (tertiary/aromatic N) is 3. The average Bonchev–Trinajstić information content (AvgIpc) is 3.23. The zero-order valence-corrected chi connectivity index (χ0v) is 19.1. The van der Waals surface area contributed by atoms with Gasteiger partial charge in [0.1, 0.15) is 5.82 Å². The van der Waals surface area contributed by atoms with Crippen molar-refractivity contribution in [1.29, 1.82) is 0 Å². The summed E-state index contributed by atoms with van der Waals surface area (Å²) < 4.78 is 18.6. The van der Waals surface area contributed by atoms with Crippen molar-refractivity contribution in [1.82, 2.24) is 10.2 Å². The smallest absolute Gasteiger partial charge is 0.269 e. The predicted molar refractivity (Wildman–Crippen MR) is 124 cm³/mol. The molecule has 3 rings (SSSR count). The van der Waals surface area contributed by atoms with Gasteiger partial charge in [-0.3, -0.25) is 10.1 Å². The van der Waals surface area contributed by atoms with E-state index in [4.69, 9.17) is 4.74 Å². The Morgan fingerprint density at radius 3 is 2.50 bits per heavy atom. The summed E-state index contributed by atoms with van der Waals surface area (Å²) >= 11 is 0. The fourth-order valence-corrected chi connectivity index (χ4v) is 3.12. The van der Waals surface area contributed by atoms with Crippen molar-refractivity contribution in [2.24, 2.45) is 10.9 Å². The number of nitrogens with one attached hydrogen (secondary N) is 1. The highest BCUT2D eigenvalue weighted by atomic mass is 127. The SMILES string of the molecule is CN(Cc1ccc(F)cc1)C(=NCc1ccc([N+](=O)[O-])cc1)NCC1CCOC1.I. The molecule has 7 nitrogen and oxygen atoms in total. The first-order valence-electron chi connectivity index (χ1n) is 9.56. The van der Waals surface area contributed by atoms with Gasteiger partial charge in [-0.15, -0.1) is 24.0 Å². The van der Waals surface area contributed by atoms with Crippen LogP contribution in [0.2, 0.25) is 0 Å². The van der Waals surface area contributed by atoms with Crippen LogP contribution in [0.5, 0.6) is 0 Å². The van der Waals surface area contributed by atoms with E-state index in [0.29, 0.717) is 19.0 Å². The summed E-state index contributed by atoms with van der Waals surface area (Å²) in [6, 6.07) is 12.8. The molecular formula is C21H26FIN4O3. The Kier molecular flexibility index (Phi) is 9.44. The summed E-state index contributed by atoms with van der Waals surface area (Å²) in [5, 5.41) is 14.2. The standard InChI is InChI=1S/C21H25FN4O3.HI/c1-25(14-17-2-6-19(22)7-3-17)21(24-13-18-10-11-29-15-18)23-12-16-4-8-20(9-5-16)26(27)28;/h2-9,18H,10-15H2,1H3,(H,23,24);1H. The Hall–Kier alpha value is -2.27. The van der Waals surface area contributed by atoms with Gasteiger partial charge in [0.15, 0.2) is 5.96 Å². The normalized spacial score (nSPS) is 16.1. The van der Waals surface area contributed by atoms with Crippen molar-refractivity contribution >= 4 is 35.6 Å². The molecule has 1 N–H and O–H groups in total. The molecule has 0 spiro atoms. The van der Waals surface area contributed by atoms with Crippen LogP contribution in [-0.2, 0) is 17.8 Å². The molecule has 162 valence electrons. The Morgan fingerprint density at radius 1 is 1.23 bits per heavy atom. The molecule has 1 heterocycles. The first-order chi connectivity index (χ1) is 14.0. The second-order valence-corrected chi connectivity index (χ2v) is 7.16. The molecule has 1 aliphatic heterocycles. The van der Waals surface area contributed by atoms with E-state index in [1.54, 1.807) is 24.3 Å². The maximum Gasteiger partial charge on any atom is 0.269 e. The molecule has 0 amide bonds. The molecule has 0 radical (unpaired) electrons. The van der Waals surface area contributed by atoms with Crippen LogP contribution < -0.4 is 5.32 Å². The van der Waals surface area contributed by atoms with E-state index in [2.05, 4.69) is 10.3 Å². The molecule has 30 heavy (non-hydrogen) atoms. The van der Waals surface area contributed by atoms with Crippen LogP contribution in [0.3, 0.4) is 0 Å². The number of guanidine groups is 1. The Bertz CT molecular complexity index is 840. The van der Waals surface area contributed by atoms with Crippen LogP contribution in [-0.4, -0.2) is 42.6 Å². The fraction of sp³-hybridized carbons (Fsp3) is 0.381. The Morgan fingerprint density at radius 2 is 1.90 bits per heavy atom. The molecule has 2 aromatic rings. The second-order valence-electron chi connectivity index (χ2n) is 7.16. The number of benzene rings is 2. The highest BCUT2D eigenvalue weighted by Crippen LogP contribution is 2.14. The minimum absolute atomic E-state index is 0. The number of rotatable bonds is 7. The molecule has 1 fully saturated rings. The fourth-order valence-electron chi connectivity index (χ4n) is 3.12. The zero-order valence-electron chi connectivity index (χ0n) is 16.8. The molecule has 2 aromatic carbocycles. The molecule has 0 saturated carbocycles. The van der Waals surface area contributed by atoms with Gasteiger partial charge in [-0.25, -0.2) is 9.38 Å². The van der Waals surface area contributed by atoms with E-state index in [9.17, 15) is 14.5 Å². The van der Waals surface area contributed by atoms with Gasteiger partial charge in [-0.2, -0.15) is 0 Å². The van der Waals surface area contributed by atoms with Gasteiger partial charge in [-0.05, 0) is 29.7 Å². The zero-order chi connectivity index (χ0) is 20.6. The first-order valence-corrected chi connectivity index (χ1v) is 9.56. The summed E-state index contributed by atoms with van der Waals surface area (Å²) in [6.45, 7) is 3.26.